The molecule has 0 bridgehead atoms. The molecular weight excluding hydrogens is 234 g/mol. The molecule has 2 rings (SSSR count). The molecule has 2 N–H and O–H groups in total. The molecule has 1 unspecified atom stereocenters. The first kappa shape index (κ1) is 13.5. The van der Waals surface area contributed by atoms with E-state index in [-0.39, 0.29) is 11.7 Å². The Morgan fingerprint density at radius 3 is 2.16 bits per heavy atom. The maximum absolute atomic E-state index is 12.1. The summed E-state index contributed by atoms with van der Waals surface area (Å²) in [6, 6.07) is 17.9. The summed E-state index contributed by atoms with van der Waals surface area (Å²) in [7, 11) is 0. The second kappa shape index (κ2) is 6.30. The zero-order valence-electron chi connectivity index (χ0n) is 11.2. The molecule has 1 atom stereocenters. The highest BCUT2D eigenvalue weighted by Crippen LogP contribution is 2.20. The molecule has 19 heavy (non-hydrogen) atoms. The minimum atomic E-state index is -0.00687. The Balaban J connectivity index is 2.17. The summed E-state index contributed by atoms with van der Waals surface area (Å²) in [5.74, 6) is 0.164. The number of nitrogens with two attached hydrogens (primary N) is 1. The van der Waals surface area contributed by atoms with Gasteiger partial charge in [0.15, 0.2) is 5.78 Å². The van der Waals surface area contributed by atoms with Gasteiger partial charge >= 0.3 is 0 Å². The van der Waals surface area contributed by atoms with Crippen molar-refractivity contribution in [2.45, 2.75) is 13.3 Å². The topological polar surface area (TPSA) is 43.1 Å². The molecule has 2 nitrogen and oxygen atoms in total. The minimum absolute atomic E-state index is 0.00687. The largest absolute Gasteiger partial charge is 0.330 e. The molecule has 2 aromatic rings. The normalized spacial score (nSPS) is 12.1. The molecule has 0 radical (unpaired) electrons. The van der Waals surface area contributed by atoms with Crippen molar-refractivity contribution >= 4 is 5.78 Å². The lowest BCUT2D eigenvalue weighted by Crippen LogP contribution is -2.15. The van der Waals surface area contributed by atoms with Crippen molar-refractivity contribution < 1.29 is 4.79 Å². The van der Waals surface area contributed by atoms with E-state index in [4.69, 9.17) is 5.73 Å². The van der Waals surface area contributed by atoms with Gasteiger partial charge in [-0.2, -0.15) is 0 Å². The molecule has 0 aromatic heterocycles. The number of carbonyl (C=O) groups is 1. The Morgan fingerprint density at radius 2 is 1.58 bits per heavy atom. The Hall–Kier alpha value is -1.93. The molecule has 0 aliphatic heterocycles. The lowest BCUT2D eigenvalue weighted by atomic mass is 9.95. The molecule has 98 valence electrons. The van der Waals surface area contributed by atoms with Crippen molar-refractivity contribution in [2.24, 2.45) is 11.7 Å². The fourth-order valence-electron chi connectivity index (χ4n) is 2.12. The van der Waals surface area contributed by atoms with Crippen LogP contribution < -0.4 is 5.73 Å². The van der Waals surface area contributed by atoms with E-state index in [0.29, 0.717) is 6.54 Å². The number of Topliss-reactive ketones (excluding diaryl/α,β-unsaturated/α-hetero) is 1. The van der Waals surface area contributed by atoms with Gasteiger partial charge in [-0.1, -0.05) is 61.5 Å². The summed E-state index contributed by atoms with van der Waals surface area (Å²) in [6.45, 7) is 2.48. The number of benzene rings is 2. The summed E-state index contributed by atoms with van der Waals surface area (Å²) in [6.07, 6.45) is 0.735. The Kier molecular flexibility index (Phi) is 4.48. The predicted molar refractivity (Wildman–Crippen MR) is 79.0 cm³/mol. The maximum atomic E-state index is 12.1. The molecule has 0 heterocycles. The first-order valence-corrected chi connectivity index (χ1v) is 6.62. The third-order valence-electron chi connectivity index (χ3n) is 3.32. The first-order chi connectivity index (χ1) is 9.22. The molecule has 2 aromatic carbocycles. The van der Waals surface area contributed by atoms with E-state index in [1.165, 1.54) is 0 Å². The summed E-state index contributed by atoms with van der Waals surface area (Å²) >= 11 is 0. The number of rotatable bonds is 5. The molecule has 0 aliphatic carbocycles. The maximum Gasteiger partial charge on any atom is 0.165 e. The summed E-state index contributed by atoms with van der Waals surface area (Å²) in [5.41, 5.74) is 8.55. The lowest BCUT2D eigenvalue weighted by molar-refractivity contribution is 0.0925. The van der Waals surface area contributed by atoms with Crippen LogP contribution in [0.4, 0.5) is 0 Å². The SMILES string of the molecule is CC(CCN)C(=O)c1ccc(-c2ccccc2)cc1. The molecule has 0 spiro atoms. The highest BCUT2D eigenvalue weighted by Gasteiger charge is 2.14. The van der Waals surface area contributed by atoms with Crippen molar-refractivity contribution in [3.05, 3.63) is 60.2 Å². The van der Waals surface area contributed by atoms with Crippen LogP contribution in [0, 0.1) is 5.92 Å². The quantitative estimate of drug-likeness (QED) is 0.828. The van der Waals surface area contributed by atoms with Gasteiger partial charge in [0.1, 0.15) is 0 Å². The molecule has 0 saturated carbocycles. The molecule has 2 heteroatoms. The van der Waals surface area contributed by atoms with E-state index >= 15 is 0 Å². The Labute approximate surface area is 114 Å². The third-order valence-corrected chi connectivity index (χ3v) is 3.32. The van der Waals surface area contributed by atoms with Crippen LogP contribution in [0.25, 0.3) is 11.1 Å². The molecule has 0 fully saturated rings. The van der Waals surface area contributed by atoms with Crippen molar-refractivity contribution in [2.75, 3.05) is 6.54 Å². The van der Waals surface area contributed by atoms with Crippen LogP contribution in [-0.2, 0) is 0 Å². The highest BCUT2D eigenvalue weighted by atomic mass is 16.1. The zero-order valence-corrected chi connectivity index (χ0v) is 11.2. The van der Waals surface area contributed by atoms with Gasteiger partial charge in [0.2, 0.25) is 0 Å². The van der Waals surface area contributed by atoms with Gasteiger partial charge in [0.25, 0.3) is 0 Å². The smallest absolute Gasteiger partial charge is 0.165 e. The van der Waals surface area contributed by atoms with Gasteiger partial charge < -0.3 is 5.73 Å². The molecule has 0 amide bonds. The van der Waals surface area contributed by atoms with Gasteiger partial charge in [-0.15, -0.1) is 0 Å². The fraction of sp³-hybridized carbons (Fsp3) is 0.235. The molecule has 0 saturated heterocycles. The van der Waals surface area contributed by atoms with Crippen LogP contribution >= 0.6 is 0 Å². The van der Waals surface area contributed by atoms with Gasteiger partial charge in [0, 0.05) is 11.5 Å². The van der Waals surface area contributed by atoms with Gasteiger partial charge in [-0.05, 0) is 24.1 Å². The Morgan fingerprint density at radius 1 is 1.00 bits per heavy atom. The third kappa shape index (κ3) is 3.30. The Bertz CT molecular complexity index is 531. The van der Waals surface area contributed by atoms with Crippen LogP contribution in [0.5, 0.6) is 0 Å². The monoisotopic (exact) mass is 253 g/mol. The van der Waals surface area contributed by atoms with Gasteiger partial charge in [-0.3, -0.25) is 4.79 Å². The molecular formula is C17H19NO. The van der Waals surface area contributed by atoms with E-state index in [2.05, 4.69) is 12.1 Å². The highest BCUT2D eigenvalue weighted by molar-refractivity contribution is 5.98. The summed E-state index contributed by atoms with van der Waals surface area (Å²) < 4.78 is 0. The standard InChI is InChI=1S/C17H19NO/c1-13(11-12-18)17(19)16-9-7-15(8-10-16)14-5-3-2-4-6-14/h2-10,13H,11-12,18H2,1H3. The van der Waals surface area contributed by atoms with Crippen molar-refractivity contribution in [1.29, 1.82) is 0 Å². The van der Waals surface area contributed by atoms with Crippen molar-refractivity contribution in [1.82, 2.24) is 0 Å². The van der Waals surface area contributed by atoms with Crippen LogP contribution in [0.15, 0.2) is 54.6 Å². The van der Waals surface area contributed by atoms with E-state index in [0.717, 1.165) is 23.1 Å². The summed E-state index contributed by atoms with van der Waals surface area (Å²) in [5, 5.41) is 0. The zero-order chi connectivity index (χ0) is 13.7. The van der Waals surface area contributed by atoms with Crippen molar-refractivity contribution in [3.8, 4) is 11.1 Å². The van der Waals surface area contributed by atoms with E-state index < -0.39 is 0 Å². The number of ketones is 1. The van der Waals surface area contributed by atoms with E-state index in [1.54, 1.807) is 0 Å². The van der Waals surface area contributed by atoms with Crippen LogP contribution in [0.3, 0.4) is 0 Å². The van der Waals surface area contributed by atoms with Crippen LogP contribution in [-0.4, -0.2) is 12.3 Å². The van der Waals surface area contributed by atoms with E-state index in [1.807, 2.05) is 49.4 Å². The van der Waals surface area contributed by atoms with Gasteiger partial charge in [-0.25, -0.2) is 0 Å². The predicted octanol–water partition coefficient (Wildman–Crippen LogP) is 3.52. The molecule has 0 aliphatic rings. The second-order valence-corrected chi connectivity index (χ2v) is 4.79. The number of hydrogen-bond acceptors (Lipinski definition) is 2. The second-order valence-electron chi connectivity index (χ2n) is 4.79. The number of carbonyl (C=O) groups excluding carboxylic acids is 1. The summed E-state index contributed by atoms with van der Waals surface area (Å²) in [4.78, 5) is 12.1. The average Bonchev–Trinajstić information content (AvgIpc) is 2.48. The number of hydrogen-bond donors (Lipinski definition) is 1. The average molecular weight is 253 g/mol. The van der Waals surface area contributed by atoms with E-state index in [9.17, 15) is 4.79 Å². The van der Waals surface area contributed by atoms with Crippen molar-refractivity contribution in [3.63, 3.8) is 0 Å². The minimum Gasteiger partial charge on any atom is -0.330 e. The van der Waals surface area contributed by atoms with Crippen LogP contribution in [0.2, 0.25) is 0 Å². The first-order valence-electron chi connectivity index (χ1n) is 6.62. The fourth-order valence-corrected chi connectivity index (χ4v) is 2.12. The van der Waals surface area contributed by atoms with Crippen LogP contribution in [0.1, 0.15) is 23.7 Å². The lowest BCUT2D eigenvalue weighted by Gasteiger charge is -2.09. The van der Waals surface area contributed by atoms with Gasteiger partial charge in [0.05, 0.1) is 0 Å².